The highest BCUT2D eigenvalue weighted by molar-refractivity contribution is 7.48. The first-order valence-corrected chi connectivity index (χ1v) is 8.96. The first-order chi connectivity index (χ1) is 10.6. The molecule has 2 rings (SSSR count). The topological polar surface area (TPSA) is 55.8 Å². The Bertz CT molecular complexity index is 686. The Hall–Kier alpha value is -1.77. The second-order valence-electron chi connectivity index (χ2n) is 6.11. The molecule has 0 saturated heterocycles. The summed E-state index contributed by atoms with van der Waals surface area (Å²) in [6, 6.07) is 7.63. The minimum atomic E-state index is -4.27. The average Bonchev–Trinajstić information content (AvgIpc) is 2.38. The van der Waals surface area contributed by atoms with Gasteiger partial charge in [0, 0.05) is 0 Å². The van der Waals surface area contributed by atoms with E-state index in [0.29, 0.717) is 11.5 Å². The number of hydrogen-bond acceptors (Lipinski definition) is 3. The Kier molecular flexibility index (Phi) is 4.88. The number of benzene rings is 2. The van der Waals surface area contributed by atoms with Gasteiger partial charge >= 0.3 is 7.82 Å². The third kappa shape index (κ3) is 4.15. The van der Waals surface area contributed by atoms with Gasteiger partial charge in [0.1, 0.15) is 11.5 Å². The zero-order chi connectivity index (χ0) is 17.4. The summed E-state index contributed by atoms with van der Waals surface area (Å²) in [4.78, 5) is 10.2. The molecule has 2 aromatic carbocycles. The van der Waals surface area contributed by atoms with Gasteiger partial charge in [-0.05, 0) is 63.8 Å². The molecule has 1 N–H and O–H groups in total. The minimum Gasteiger partial charge on any atom is -0.395 e. The molecule has 0 aromatic heterocycles. The lowest BCUT2D eigenvalue weighted by Crippen LogP contribution is -2.04. The Morgan fingerprint density at radius 3 is 1.22 bits per heavy atom. The van der Waals surface area contributed by atoms with Crippen LogP contribution in [0.15, 0.2) is 24.3 Å². The van der Waals surface area contributed by atoms with Crippen molar-refractivity contribution in [2.75, 3.05) is 0 Å². The van der Waals surface area contributed by atoms with Crippen LogP contribution in [0.1, 0.15) is 33.4 Å². The van der Waals surface area contributed by atoms with E-state index in [1.165, 1.54) is 0 Å². The van der Waals surface area contributed by atoms with E-state index in [1.807, 2.05) is 65.8 Å². The molecule has 23 heavy (non-hydrogen) atoms. The molecule has 0 radical (unpaired) electrons. The maximum atomic E-state index is 12.4. The highest BCUT2D eigenvalue weighted by atomic mass is 31.2. The van der Waals surface area contributed by atoms with Crippen LogP contribution < -0.4 is 9.05 Å². The van der Waals surface area contributed by atoms with Gasteiger partial charge < -0.3 is 9.05 Å². The number of hydrogen-bond donors (Lipinski definition) is 1. The van der Waals surface area contributed by atoms with Gasteiger partial charge in [-0.15, -0.1) is 0 Å². The summed E-state index contributed by atoms with van der Waals surface area (Å²) in [7, 11) is -4.27. The summed E-state index contributed by atoms with van der Waals surface area (Å²) in [6.07, 6.45) is 0. The molecule has 0 fully saturated rings. The molecule has 0 atom stereocenters. The lowest BCUT2D eigenvalue weighted by atomic mass is 10.1. The highest BCUT2D eigenvalue weighted by Gasteiger charge is 2.28. The molecular weight excluding hydrogens is 311 g/mol. The van der Waals surface area contributed by atoms with E-state index in [0.717, 1.165) is 33.4 Å². The summed E-state index contributed by atoms with van der Waals surface area (Å²) in [5, 5.41) is 0. The third-order valence-corrected chi connectivity index (χ3v) is 4.45. The predicted molar refractivity (Wildman–Crippen MR) is 92.4 cm³/mol. The van der Waals surface area contributed by atoms with Crippen molar-refractivity contribution >= 4 is 7.82 Å². The van der Waals surface area contributed by atoms with Crippen molar-refractivity contribution in [1.29, 1.82) is 0 Å². The van der Waals surface area contributed by atoms with Crippen LogP contribution in [0.4, 0.5) is 0 Å². The van der Waals surface area contributed by atoms with Gasteiger partial charge in [0.15, 0.2) is 0 Å². The molecule has 0 unspecified atom stereocenters. The Morgan fingerprint density at radius 2 is 0.957 bits per heavy atom. The van der Waals surface area contributed by atoms with Gasteiger partial charge in [-0.3, -0.25) is 4.89 Å². The predicted octanol–water partition coefficient (Wildman–Crippen LogP) is 5.10. The van der Waals surface area contributed by atoms with Crippen molar-refractivity contribution in [2.24, 2.45) is 0 Å². The van der Waals surface area contributed by atoms with Crippen molar-refractivity contribution in [2.45, 2.75) is 41.5 Å². The normalized spacial score (nSPS) is 11.4. The molecule has 0 spiro atoms. The first-order valence-electron chi connectivity index (χ1n) is 7.47. The summed E-state index contributed by atoms with van der Waals surface area (Å²) >= 11 is 0. The summed E-state index contributed by atoms with van der Waals surface area (Å²) in [6.45, 7) is 11.3. The van der Waals surface area contributed by atoms with Crippen LogP contribution in [0.25, 0.3) is 0 Å². The lowest BCUT2D eigenvalue weighted by molar-refractivity contribution is 0.288. The minimum absolute atomic E-state index is 0.392. The van der Waals surface area contributed by atoms with Crippen molar-refractivity contribution in [1.82, 2.24) is 0 Å². The van der Waals surface area contributed by atoms with E-state index < -0.39 is 7.82 Å². The fourth-order valence-electron chi connectivity index (χ4n) is 2.87. The molecule has 0 bridgehead atoms. The molecule has 0 amide bonds. The van der Waals surface area contributed by atoms with E-state index in [2.05, 4.69) is 0 Å². The van der Waals surface area contributed by atoms with Gasteiger partial charge in [-0.1, -0.05) is 35.4 Å². The van der Waals surface area contributed by atoms with E-state index in [-0.39, 0.29) is 0 Å². The number of phosphoric acid groups is 1. The van der Waals surface area contributed by atoms with Crippen molar-refractivity contribution in [3.8, 4) is 11.5 Å². The zero-order valence-corrected chi connectivity index (χ0v) is 15.3. The van der Waals surface area contributed by atoms with Gasteiger partial charge in [0.05, 0.1) is 0 Å². The van der Waals surface area contributed by atoms with E-state index in [4.69, 9.17) is 9.05 Å². The van der Waals surface area contributed by atoms with Crippen LogP contribution in [0.2, 0.25) is 0 Å². The standard InChI is InChI=1S/C18H23O4P/c1-11-7-13(3)17(14(4)8-11)21-23(19,20)22-18-15(5)9-12(2)10-16(18)6/h7-10H,1-6H3,(H,19,20). The third-order valence-electron chi connectivity index (χ3n) is 3.62. The molecular formula is C18H23O4P. The van der Waals surface area contributed by atoms with Gasteiger partial charge in [0.2, 0.25) is 0 Å². The molecule has 0 aliphatic heterocycles. The van der Waals surface area contributed by atoms with Crippen molar-refractivity contribution < 1.29 is 18.5 Å². The Labute approximate surface area is 137 Å². The quantitative estimate of drug-likeness (QED) is 0.791. The van der Waals surface area contributed by atoms with Crippen LogP contribution in [0, 0.1) is 41.5 Å². The number of aryl methyl sites for hydroxylation is 6. The molecule has 2 aromatic rings. The van der Waals surface area contributed by atoms with Crippen LogP contribution in [0.3, 0.4) is 0 Å². The summed E-state index contributed by atoms with van der Waals surface area (Å²) in [5.41, 5.74) is 5.36. The smallest absolute Gasteiger partial charge is 0.395 e. The average molecular weight is 334 g/mol. The van der Waals surface area contributed by atoms with Gasteiger partial charge in [-0.25, -0.2) is 4.57 Å². The molecule has 5 heteroatoms. The van der Waals surface area contributed by atoms with E-state index in [1.54, 1.807) is 0 Å². The summed E-state index contributed by atoms with van der Waals surface area (Å²) in [5.74, 6) is 0.785. The van der Waals surface area contributed by atoms with Crippen LogP contribution in [-0.2, 0) is 4.57 Å². The van der Waals surface area contributed by atoms with Crippen LogP contribution >= 0.6 is 7.82 Å². The molecule has 0 aliphatic rings. The Balaban J connectivity index is 2.33. The Morgan fingerprint density at radius 1 is 0.696 bits per heavy atom. The molecule has 0 saturated carbocycles. The first kappa shape index (κ1) is 17.6. The molecule has 0 aliphatic carbocycles. The lowest BCUT2D eigenvalue weighted by Gasteiger charge is -2.19. The number of rotatable bonds is 4. The van der Waals surface area contributed by atoms with Crippen molar-refractivity contribution in [3.05, 3.63) is 57.6 Å². The molecule has 124 valence electrons. The van der Waals surface area contributed by atoms with Crippen LogP contribution in [0.5, 0.6) is 11.5 Å². The maximum Gasteiger partial charge on any atom is 0.584 e. The molecule has 0 heterocycles. The monoisotopic (exact) mass is 334 g/mol. The molecule has 4 nitrogen and oxygen atoms in total. The van der Waals surface area contributed by atoms with Gasteiger partial charge in [0.25, 0.3) is 0 Å². The SMILES string of the molecule is Cc1cc(C)c(OP(=O)(O)Oc2c(C)cc(C)cc2C)c(C)c1. The second-order valence-corrected chi connectivity index (χ2v) is 7.41. The van der Waals surface area contributed by atoms with E-state index >= 15 is 0 Å². The van der Waals surface area contributed by atoms with Crippen molar-refractivity contribution in [3.63, 3.8) is 0 Å². The highest BCUT2D eigenvalue weighted by Crippen LogP contribution is 2.48. The maximum absolute atomic E-state index is 12.4. The largest absolute Gasteiger partial charge is 0.584 e. The van der Waals surface area contributed by atoms with Crippen LogP contribution in [-0.4, -0.2) is 4.89 Å². The number of phosphoric ester groups is 1. The second kappa shape index (κ2) is 6.38. The fourth-order valence-corrected chi connectivity index (χ4v) is 3.95. The van der Waals surface area contributed by atoms with E-state index in [9.17, 15) is 9.46 Å². The van der Waals surface area contributed by atoms with Gasteiger partial charge in [-0.2, -0.15) is 0 Å². The fraction of sp³-hybridized carbons (Fsp3) is 0.333. The summed E-state index contributed by atoms with van der Waals surface area (Å²) < 4.78 is 23.1. The zero-order valence-electron chi connectivity index (χ0n) is 14.4.